The Kier molecular flexibility index (Phi) is 5.63. The van der Waals surface area contributed by atoms with Crippen molar-refractivity contribution in [3.8, 4) is 0 Å². The molecule has 0 amide bonds. The van der Waals surface area contributed by atoms with E-state index in [1.807, 2.05) is 12.1 Å². The molecule has 0 saturated carbocycles. The van der Waals surface area contributed by atoms with Gasteiger partial charge in [-0.1, -0.05) is 53.5 Å². The largest absolute Gasteiger partial charge is 0.370 e. The SMILES string of the molecule is CCN(CC(C)C)c1c(Cl)cccc1CBr. The van der Waals surface area contributed by atoms with Crippen LogP contribution in [-0.4, -0.2) is 13.1 Å². The Bertz CT molecular complexity index is 339. The first-order valence-electron chi connectivity index (χ1n) is 5.68. The van der Waals surface area contributed by atoms with Gasteiger partial charge in [0, 0.05) is 18.4 Å². The summed E-state index contributed by atoms with van der Waals surface area (Å²) in [5.74, 6) is 0.638. The van der Waals surface area contributed by atoms with Crippen LogP contribution in [0.2, 0.25) is 5.02 Å². The predicted molar refractivity (Wildman–Crippen MR) is 76.8 cm³/mol. The summed E-state index contributed by atoms with van der Waals surface area (Å²) in [4.78, 5) is 2.35. The van der Waals surface area contributed by atoms with Crippen molar-refractivity contribution in [2.75, 3.05) is 18.0 Å². The molecule has 0 aliphatic heterocycles. The molecule has 3 heteroatoms. The highest BCUT2D eigenvalue weighted by Crippen LogP contribution is 2.31. The van der Waals surface area contributed by atoms with Gasteiger partial charge in [-0.3, -0.25) is 0 Å². The molecule has 1 aromatic rings. The Morgan fingerprint density at radius 3 is 2.56 bits per heavy atom. The Morgan fingerprint density at radius 2 is 2.06 bits per heavy atom. The van der Waals surface area contributed by atoms with E-state index in [0.717, 1.165) is 23.4 Å². The number of hydrogen-bond donors (Lipinski definition) is 0. The molecule has 0 unspecified atom stereocenters. The Morgan fingerprint density at radius 1 is 1.38 bits per heavy atom. The maximum absolute atomic E-state index is 6.30. The van der Waals surface area contributed by atoms with Crippen LogP contribution in [0.5, 0.6) is 0 Å². The van der Waals surface area contributed by atoms with E-state index >= 15 is 0 Å². The summed E-state index contributed by atoms with van der Waals surface area (Å²) in [5, 5.41) is 1.69. The third-order valence-electron chi connectivity index (χ3n) is 2.50. The van der Waals surface area contributed by atoms with Crippen LogP contribution >= 0.6 is 27.5 Å². The lowest BCUT2D eigenvalue weighted by atomic mass is 10.1. The number of halogens is 2. The monoisotopic (exact) mass is 303 g/mol. The topological polar surface area (TPSA) is 3.24 Å². The number of alkyl halides is 1. The average Bonchev–Trinajstić information content (AvgIpc) is 2.25. The number of nitrogens with zero attached hydrogens (tertiary/aromatic N) is 1. The second-order valence-electron chi connectivity index (χ2n) is 4.31. The molecule has 0 spiro atoms. The van der Waals surface area contributed by atoms with Crippen LogP contribution in [-0.2, 0) is 5.33 Å². The molecular weight excluding hydrogens is 286 g/mol. The maximum atomic E-state index is 6.30. The van der Waals surface area contributed by atoms with Crippen LogP contribution in [0.15, 0.2) is 18.2 Å². The number of para-hydroxylation sites is 1. The normalized spacial score (nSPS) is 10.9. The van der Waals surface area contributed by atoms with E-state index in [1.54, 1.807) is 0 Å². The van der Waals surface area contributed by atoms with Crippen molar-refractivity contribution in [3.05, 3.63) is 28.8 Å². The molecule has 0 heterocycles. The van der Waals surface area contributed by atoms with E-state index in [1.165, 1.54) is 11.3 Å². The number of anilines is 1. The molecule has 0 aliphatic rings. The number of rotatable bonds is 5. The molecule has 0 atom stereocenters. The smallest absolute Gasteiger partial charge is 0.0642 e. The molecule has 0 radical (unpaired) electrons. The van der Waals surface area contributed by atoms with Crippen molar-refractivity contribution in [1.82, 2.24) is 0 Å². The summed E-state index contributed by atoms with van der Waals surface area (Å²) in [5.41, 5.74) is 2.44. The molecule has 1 nitrogen and oxygen atoms in total. The molecule has 0 bridgehead atoms. The van der Waals surface area contributed by atoms with Gasteiger partial charge in [-0.25, -0.2) is 0 Å². The van der Waals surface area contributed by atoms with Gasteiger partial charge in [0.15, 0.2) is 0 Å². The molecule has 0 fully saturated rings. The molecule has 0 aliphatic carbocycles. The highest BCUT2D eigenvalue weighted by molar-refractivity contribution is 9.08. The van der Waals surface area contributed by atoms with Gasteiger partial charge < -0.3 is 4.90 Å². The standard InChI is InChI=1S/C13H19BrClN/c1-4-16(9-10(2)3)13-11(8-14)6-5-7-12(13)15/h5-7,10H,4,8-9H2,1-3H3. The first-order chi connectivity index (χ1) is 7.60. The average molecular weight is 305 g/mol. The van der Waals surface area contributed by atoms with Gasteiger partial charge in [-0.05, 0) is 24.5 Å². The Labute approximate surface area is 112 Å². The van der Waals surface area contributed by atoms with Gasteiger partial charge in [0.1, 0.15) is 0 Å². The summed E-state index contributed by atoms with van der Waals surface area (Å²) in [7, 11) is 0. The third-order valence-corrected chi connectivity index (χ3v) is 3.41. The van der Waals surface area contributed by atoms with Crippen molar-refractivity contribution < 1.29 is 0 Å². The first kappa shape index (κ1) is 13.9. The fourth-order valence-corrected chi connectivity index (χ4v) is 2.61. The van der Waals surface area contributed by atoms with Gasteiger partial charge in [0.2, 0.25) is 0 Å². The van der Waals surface area contributed by atoms with Crippen molar-refractivity contribution >= 4 is 33.2 Å². The van der Waals surface area contributed by atoms with Crippen molar-refractivity contribution in [3.63, 3.8) is 0 Å². The van der Waals surface area contributed by atoms with E-state index < -0.39 is 0 Å². The molecular formula is C13H19BrClN. The highest BCUT2D eigenvalue weighted by atomic mass is 79.9. The zero-order valence-electron chi connectivity index (χ0n) is 10.1. The molecule has 0 aromatic heterocycles. The van der Waals surface area contributed by atoms with Gasteiger partial charge in [-0.15, -0.1) is 0 Å². The first-order valence-corrected chi connectivity index (χ1v) is 7.18. The van der Waals surface area contributed by atoms with E-state index in [9.17, 15) is 0 Å². The van der Waals surface area contributed by atoms with E-state index in [4.69, 9.17) is 11.6 Å². The highest BCUT2D eigenvalue weighted by Gasteiger charge is 2.13. The summed E-state index contributed by atoms with van der Waals surface area (Å²) >= 11 is 9.82. The fourth-order valence-electron chi connectivity index (χ4n) is 1.84. The van der Waals surface area contributed by atoms with Crippen molar-refractivity contribution in [2.24, 2.45) is 5.92 Å². The minimum Gasteiger partial charge on any atom is -0.370 e. The molecule has 0 N–H and O–H groups in total. The summed E-state index contributed by atoms with van der Waals surface area (Å²) in [6, 6.07) is 6.09. The molecule has 16 heavy (non-hydrogen) atoms. The van der Waals surface area contributed by atoms with E-state index in [-0.39, 0.29) is 0 Å². The third kappa shape index (κ3) is 3.39. The van der Waals surface area contributed by atoms with Crippen LogP contribution in [0.4, 0.5) is 5.69 Å². The van der Waals surface area contributed by atoms with Crippen LogP contribution in [0, 0.1) is 5.92 Å². The minimum absolute atomic E-state index is 0.638. The summed E-state index contributed by atoms with van der Waals surface area (Å²) in [6.45, 7) is 8.66. The van der Waals surface area contributed by atoms with Gasteiger partial charge in [0.25, 0.3) is 0 Å². The Balaban J connectivity index is 3.07. The van der Waals surface area contributed by atoms with E-state index in [2.05, 4.69) is 47.7 Å². The zero-order valence-corrected chi connectivity index (χ0v) is 12.5. The van der Waals surface area contributed by atoms with Crippen LogP contribution in [0.3, 0.4) is 0 Å². The van der Waals surface area contributed by atoms with Gasteiger partial charge >= 0.3 is 0 Å². The van der Waals surface area contributed by atoms with Gasteiger partial charge in [-0.2, -0.15) is 0 Å². The molecule has 1 aromatic carbocycles. The maximum Gasteiger partial charge on any atom is 0.0642 e. The number of hydrogen-bond acceptors (Lipinski definition) is 1. The predicted octanol–water partition coefficient (Wildman–Crippen LogP) is 4.72. The second kappa shape index (κ2) is 6.51. The summed E-state index contributed by atoms with van der Waals surface area (Å²) in [6.07, 6.45) is 0. The van der Waals surface area contributed by atoms with Crippen LogP contribution in [0.25, 0.3) is 0 Å². The lowest BCUT2D eigenvalue weighted by Crippen LogP contribution is -2.28. The lowest BCUT2D eigenvalue weighted by molar-refractivity contribution is 0.618. The number of benzene rings is 1. The lowest BCUT2D eigenvalue weighted by Gasteiger charge is -2.28. The minimum atomic E-state index is 0.638. The molecule has 1 rings (SSSR count). The quantitative estimate of drug-likeness (QED) is 0.712. The van der Waals surface area contributed by atoms with E-state index in [0.29, 0.717) is 5.92 Å². The Hall–Kier alpha value is -0.210. The summed E-state index contributed by atoms with van der Waals surface area (Å²) < 4.78 is 0. The fraction of sp³-hybridized carbons (Fsp3) is 0.538. The zero-order chi connectivity index (χ0) is 12.1. The second-order valence-corrected chi connectivity index (χ2v) is 5.28. The van der Waals surface area contributed by atoms with Gasteiger partial charge in [0.05, 0.1) is 10.7 Å². The van der Waals surface area contributed by atoms with Crippen LogP contribution in [0.1, 0.15) is 26.3 Å². The van der Waals surface area contributed by atoms with Crippen molar-refractivity contribution in [2.45, 2.75) is 26.1 Å². The van der Waals surface area contributed by atoms with Crippen molar-refractivity contribution in [1.29, 1.82) is 0 Å². The van der Waals surface area contributed by atoms with Crippen LogP contribution < -0.4 is 4.90 Å². The molecule has 0 saturated heterocycles. The molecule has 90 valence electrons.